The van der Waals surface area contributed by atoms with Crippen LogP contribution in [0.15, 0.2) is 6.07 Å². The number of hydrogen-bond donors (Lipinski definition) is 2. The number of nitrogen functional groups attached to an aromatic ring is 1. The summed E-state index contributed by atoms with van der Waals surface area (Å²) in [4.78, 5) is 8.45. The van der Waals surface area contributed by atoms with Crippen molar-refractivity contribution in [3.63, 3.8) is 0 Å². The van der Waals surface area contributed by atoms with Crippen LogP contribution in [0.2, 0.25) is 0 Å². The molecule has 0 spiro atoms. The number of rotatable bonds is 8. The van der Waals surface area contributed by atoms with Crippen LogP contribution in [-0.4, -0.2) is 29.6 Å². The molecule has 1 aromatic rings. The van der Waals surface area contributed by atoms with E-state index < -0.39 is 13.0 Å². The van der Waals surface area contributed by atoms with Crippen molar-refractivity contribution < 1.29 is 13.5 Å². The fraction of sp³-hybridized carbons (Fsp3) is 0.636. The lowest BCUT2D eigenvalue weighted by molar-refractivity contribution is 0.0183. The predicted molar refractivity (Wildman–Crippen MR) is 64.4 cm³/mol. The highest BCUT2D eigenvalue weighted by Crippen LogP contribution is 2.08. The van der Waals surface area contributed by atoms with Crippen LogP contribution < -0.4 is 11.3 Å². The van der Waals surface area contributed by atoms with Gasteiger partial charge in [0.15, 0.2) is 0 Å². The van der Waals surface area contributed by atoms with E-state index in [0.717, 1.165) is 18.5 Å². The molecule has 0 aliphatic rings. The summed E-state index contributed by atoms with van der Waals surface area (Å²) in [6.07, 6.45) is -0.276. The van der Waals surface area contributed by atoms with E-state index in [1.54, 1.807) is 6.07 Å². The standard InChI is InChI=1S/C11H18F2N4O/c1-2-3-8-6-11(17-14)16-10(15-8)4-5-18-7-9(12)13/h6,9H,2-5,7,14H2,1H3,(H,15,16,17). The zero-order valence-electron chi connectivity index (χ0n) is 10.3. The minimum absolute atomic E-state index is 0.171. The van der Waals surface area contributed by atoms with Crippen LogP contribution in [0, 0.1) is 0 Å². The van der Waals surface area contributed by atoms with E-state index in [2.05, 4.69) is 15.4 Å². The Kier molecular flexibility index (Phi) is 6.45. The van der Waals surface area contributed by atoms with Crippen LogP contribution >= 0.6 is 0 Å². The molecule has 102 valence electrons. The average Bonchev–Trinajstić information content (AvgIpc) is 2.34. The summed E-state index contributed by atoms with van der Waals surface area (Å²) in [5.74, 6) is 6.38. The number of alkyl halides is 2. The van der Waals surface area contributed by atoms with Gasteiger partial charge in [-0.25, -0.2) is 24.6 Å². The van der Waals surface area contributed by atoms with Crippen LogP contribution in [0.4, 0.5) is 14.6 Å². The van der Waals surface area contributed by atoms with Gasteiger partial charge in [0.2, 0.25) is 0 Å². The zero-order chi connectivity index (χ0) is 13.4. The number of anilines is 1. The summed E-state index contributed by atoms with van der Waals surface area (Å²) in [6.45, 7) is 1.66. The number of hydrazine groups is 1. The first-order valence-corrected chi connectivity index (χ1v) is 5.85. The fourth-order valence-electron chi connectivity index (χ4n) is 1.46. The molecule has 0 radical (unpaired) electrons. The quantitative estimate of drug-likeness (QED) is 0.421. The Labute approximate surface area is 105 Å². The molecule has 0 aliphatic carbocycles. The Hall–Kier alpha value is -1.34. The third-order valence-corrected chi connectivity index (χ3v) is 2.19. The van der Waals surface area contributed by atoms with Crippen molar-refractivity contribution in [1.29, 1.82) is 0 Å². The van der Waals surface area contributed by atoms with Crippen LogP contribution in [0.1, 0.15) is 24.9 Å². The second-order valence-corrected chi connectivity index (χ2v) is 3.77. The molecule has 18 heavy (non-hydrogen) atoms. The predicted octanol–water partition coefficient (Wildman–Crippen LogP) is 1.54. The van der Waals surface area contributed by atoms with Gasteiger partial charge < -0.3 is 10.2 Å². The molecule has 0 aliphatic heterocycles. The lowest BCUT2D eigenvalue weighted by Crippen LogP contribution is -2.13. The van der Waals surface area contributed by atoms with Crippen molar-refractivity contribution in [2.45, 2.75) is 32.6 Å². The maximum absolute atomic E-state index is 11.9. The molecular formula is C11H18F2N4O. The third-order valence-electron chi connectivity index (χ3n) is 2.19. The monoisotopic (exact) mass is 260 g/mol. The van der Waals surface area contributed by atoms with Gasteiger partial charge in [0.25, 0.3) is 6.43 Å². The molecule has 0 fully saturated rings. The van der Waals surface area contributed by atoms with Gasteiger partial charge >= 0.3 is 0 Å². The van der Waals surface area contributed by atoms with Gasteiger partial charge in [-0.1, -0.05) is 13.3 Å². The number of nitrogens with two attached hydrogens (primary N) is 1. The number of ether oxygens (including phenoxy) is 1. The molecule has 1 aromatic heterocycles. The van der Waals surface area contributed by atoms with Crippen LogP contribution in [0.5, 0.6) is 0 Å². The fourth-order valence-corrected chi connectivity index (χ4v) is 1.46. The number of halogens is 2. The Balaban J connectivity index is 2.55. The first kappa shape index (κ1) is 14.7. The van der Waals surface area contributed by atoms with E-state index in [1.807, 2.05) is 6.92 Å². The molecule has 1 rings (SSSR count). The molecule has 3 N–H and O–H groups in total. The van der Waals surface area contributed by atoms with E-state index in [9.17, 15) is 8.78 Å². The molecule has 1 heterocycles. The highest BCUT2D eigenvalue weighted by Gasteiger charge is 2.05. The number of hydrogen-bond acceptors (Lipinski definition) is 5. The van der Waals surface area contributed by atoms with E-state index in [4.69, 9.17) is 10.6 Å². The van der Waals surface area contributed by atoms with E-state index in [1.165, 1.54) is 0 Å². The Morgan fingerprint density at radius 2 is 2.17 bits per heavy atom. The second-order valence-electron chi connectivity index (χ2n) is 3.77. The summed E-state index contributed by atoms with van der Waals surface area (Å²) in [6, 6.07) is 1.77. The average molecular weight is 260 g/mol. The highest BCUT2D eigenvalue weighted by atomic mass is 19.3. The van der Waals surface area contributed by atoms with Gasteiger partial charge in [-0.15, -0.1) is 0 Å². The van der Waals surface area contributed by atoms with E-state index >= 15 is 0 Å². The van der Waals surface area contributed by atoms with Gasteiger partial charge in [0, 0.05) is 18.2 Å². The molecule has 0 saturated carbocycles. The molecule has 0 saturated heterocycles. The first-order valence-electron chi connectivity index (χ1n) is 5.85. The minimum atomic E-state index is -2.45. The number of aromatic nitrogens is 2. The largest absolute Gasteiger partial charge is 0.375 e. The van der Waals surface area contributed by atoms with Crippen molar-refractivity contribution in [2.75, 3.05) is 18.6 Å². The van der Waals surface area contributed by atoms with Gasteiger partial charge in [-0.05, 0) is 6.42 Å². The second kappa shape index (κ2) is 7.88. The SMILES string of the molecule is CCCc1cc(NN)nc(CCOCC(F)F)n1. The van der Waals surface area contributed by atoms with Gasteiger partial charge in [0.1, 0.15) is 18.2 Å². The molecule has 5 nitrogen and oxygen atoms in total. The molecule has 0 amide bonds. The van der Waals surface area contributed by atoms with Crippen molar-refractivity contribution >= 4 is 5.82 Å². The zero-order valence-corrected chi connectivity index (χ0v) is 10.3. The summed E-state index contributed by atoms with van der Waals surface area (Å²) in [5, 5.41) is 0. The lowest BCUT2D eigenvalue weighted by Gasteiger charge is -2.07. The molecule has 7 heteroatoms. The van der Waals surface area contributed by atoms with E-state index in [-0.39, 0.29) is 6.61 Å². The maximum Gasteiger partial charge on any atom is 0.261 e. The Morgan fingerprint density at radius 3 is 2.78 bits per heavy atom. The van der Waals surface area contributed by atoms with Crippen LogP contribution in [-0.2, 0) is 17.6 Å². The Morgan fingerprint density at radius 1 is 1.39 bits per heavy atom. The molecule has 0 aromatic carbocycles. The van der Waals surface area contributed by atoms with Crippen molar-refractivity contribution in [2.24, 2.45) is 5.84 Å². The molecule has 0 unspecified atom stereocenters. The summed E-state index contributed by atoms with van der Waals surface area (Å²) < 4.78 is 28.5. The number of aryl methyl sites for hydroxylation is 1. The number of nitrogens with one attached hydrogen (secondary N) is 1. The molecule has 0 atom stereocenters. The minimum Gasteiger partial charge on any atom is -0.375 e. The van der Waals surface area contributed by atoms with Gasteiger partial charge in [-0.2, -0.15) is 0 Å². The van der Waals surface area contributed by atoms with Crippen molar-refractivity contribution in [1.82, 2.24) is 9.97 Å². The first-order chi connectivity index (χ1) is 8.65. The van der Waals surface area contributed by atoms with E-state index in [0.29, 0.717) is 18.1 Å². The van der Waals surface area contributed by atoms with Crippen molar-refractivity contribution in [3.8, 4) is 0 Å². The van der Waals surface area contributed by atoms with Gasteiger partial charge in [-0.3, -0.25) is 0 Å². The Bertz CT molecular complexity index is 363. The molecule has 0 bridgehead atoms. The van der Waals surface area contributed by atoms with Gasteiger partial charge in [0.05, 0.1) is 6.61 Å². The highest BCUT2D eigenvalue weighted by molar-refractivity contribution is 5.34. The summed E-state index contributed by atoms with van der Waals surface area (Å²) in [5.41, 5.74) is 3.34. The normalized spacial score (nSPS) is 10.9. The smallest absolute Gasteiger partial charge is 0.261 e. The number of nitrogens with zero attached hydrogens (tertiary/aromatic N) is 2. The lowest BCUT2D eigenvalue weighted by atomic mass is 10.2. The van der Waals surface area contributed by atoms with Crippen molar-refractivity contribution in [3.05, 3.63) is 17.6 Å². The molecular weight excluding hydrogens is 242 g/mol. The summed E-state index contributed by atoms with van der Waals surface area (Å²) >= 11 is 0. The van der Waals surface area contributed by atoms with Crippen LogP contribution in [0.3, 0.4) is 0 Å². The third kappa shape index (κ3) is 5.33. The van der Waals surface area contributed by atoms with Crippen LogP contribution in [0.25, 0.3) is 0 Å². The summed E-state index contributed by atoms with van der Waals surface area (Å²) in [7, 11) is 0. The topological polar surface area (TPSA) is 73.1 Å². The maximum atomic E-state index is 11.9.